The predicted octanol–water partition coefficient (Wildman–Crippen LogP) is 15.0. The number of para-hydroxylation sites is 2. The van der Waals surface area contributed by atoms with Crippen LogP contribution in [0.25, 0.3) is 43.8 Å². The van der Waals surface area contributed by atoms with Crippen LogP contribution in [0.2, 0.25) is 0 Å². The molecule has 0 N–H and O–H groups in total. The highest BCUT2D eigenvalue weighted by Gasteiger charge is 2.52. The van der Waals surface area contributed by atoms with Gasteiger partial charge in [-0.2, -0.15) is 0 Å². The van der Waals surface area contributed by atoms with E-state index in [1.165, 1.54) is 116 Å². The monoisotopic (exact) mass is 728 g/mol. The molecule has 0 radical (unpaired) electrons. The number of nitrogens with zero attached hydrogens (tertiary/aromatic N) is 2. The standard InChI is InChI=1S/C54H52N2/c1-35-27-29-53(3)47(31-35)45-33-37(23-25-49(45)55(53)39-15-7-5-8-16-39)51-41-19-11-13-21-43(41)52(44-22-14-12-20-42(44)51)38-24-26-50-46(34-38)48-32-36(2)28-30-54(48,4)56(50)40-17-9-6-10-18-40/h5-26,33-36,47-48H,27-32H2,1-4H3. The smallest absolute Gasteiger partial charge is 0.0492 e. The summed E-state index contributed by atoms with van der Waals surface area (Å²) in [5.41, 5.74) is 13.9. The Bertz CT molecular complexity index is 2400. The zero-order valence-corrected chi connectivity index (χ0v) is 33.3. The van der Waals surface area contributed by atoms with Crippen molar-refractivity contribution in [1.82, 2.24) is 0 Å². The van der Waals surface area contributed by atoms with Crippen molar-refractivity contribution in [2.24, 2.45) is 11.8 Å². The molecule has 278 valence electrons. The molecule has 7 aromatic rings. The Morgan fingerprint density at radius 1 is 0.446 bits per heavy atom. The van der Waals surface area contributed by atoms with Gasteiger partial charge in [-0.15, -0.1) is 0 Å². The summed E-state index contributed by atoms with van der Waals surface area (Å²) in [7, 11) is 0. The molecule has 2 nitrogen and oxygen atoms in total. The SMILES string of the molecule is CC1CCC2(C)C(C1)c1cc(-c3c4ccccc4c(-c4ccc5c(c4)C4CC(C)CCC4(C)N5c4ccccc4)c4ccccc34)ccc1N2c1ccccc1. The van der Waals surface area contributed by atoms with Gasteiger partial charge in [-0.1, -0.05) is 111 Å². The van der Waals surface area contributed by atoms with Gasteiger partial charge in [0.05, 0.1) is 0 Å². The number of rotatable bonds is 4. The molecule has 7 aromatic carbocycles. The van der Waals surface area contributed by atoms with E-state index >= 15 is 0 Å². The lowest BCUT2D eigenvalue weighted by molar-refractivity contribution is 0.237. The molecule has 2 aliphatic carbocycles. The van der Waals surface area contributed by atoms with Gasteiger partial charge in [0.15, 0.2) is 0 Å². The van der Waals surface area contributed by atoms with Crippen molar-refractivity contribution >= 4 is 44.3 Å². The highest BCUT2D eigenvalue weighted by atomic mass is 15.2. The van der Waals surface area contributed by atoms with E-state index in [2.05, 4.69) is 183 Å². The summed E-state index contributed by atoms with van der Waals surface area (Å²) in [6.45, 7) is 9.98. The minimum Gasteiger partial charge on any atom is -0.335 e. The number of benzene rings is 7. The van der Waals surface area contributed by atoms with Crippen molar-refractivity contribution in [1.29, 1.82) is 0 Å². The van der Waals surface area contributed by atoms with Gasteiger partial charge in [0.1, 0.15) is 0 Å². The number of fused-ring (bicyclic) bond motifs is 8. The molecule has 2 heteroatoms. The third-order valence-corrected chi connectivity index (χ3v) is 14.9. The molecule has 0 aromatic heterocycles. The summed E-state index contributed by atoms with van der Waals surface area (Å²) < 4.78 is 0. The van der Waals surface area contributed by atoms with Gasteiger partial charge in [0, 0.05) is 45.7 Å². The lowest BCUT2D eigenvalue weighted by Gasteiger charge is -2.45. The molecule has 4 aliphatic rings. The molecule has 0 saturated heterocycles. The van der Waals surface area contributed by atoms with Crippen molar-refractivity contribution in [3.63, 3.8) is 0 Å². The largest absolute Gasteiger partial charge is 0.335 e. The summed E-state index contributed by atoms with van der Waals surface area (Å²) in [5.74, 6) is 2.44. The normalized spacial score (nSPS) is 26.6. The fourth-order valence-electron chi connectivity index (χ4n) is 12.1. The van der Waals surface area contributed by atoms with Crippen LogP contribution in [0.15, 0.2) is 146 Å². The van der Waals surface area contributed by atoms with E-state index in [9.17, 15) is 0 Å². The minimum absolute atomic E-state index is 0.0681. The lowest BCUT2D eigenvalue weighted by atomic mass is 9.69. The maximum atomic E-state index is 2.69. The van der Waals surface area contributed by atoms with Crippen LogP contribution in [0.3, 0.4) is 0 Å². The predicted molar refractivity (Wildman–Crippen MR) is 238 cm³/mol. The Morgan fingerprint density at radius 3 is 1.18 bits per heavy atom. The molecule has 0 spiro atoms. The first kappa shape index (κ1) is 34.0. The molecule has 2 aliphatic heterocycles. The first-order chi connectivity index (χ1) is 27.3. The molecule has 2 fully saturated rings. The molecule has 6 unspecified atom stereocenters. The highest BCUT2D eigenvalue weighted by Crippen LogP contribution is 2.61. The van der Waals surface area contributed by atoms with Crippen LogP contribution in [0.4, 0.5) is 22.7 Å². The van der Waals surface area contributed by atoms with E-state index < -0.39 is 0 Å². The molecule has 2 saturated carbocycles. The molecule has 6 atom stereocenters. The van der Waals surface area contributed by atoms with Crippen LogP contribution in [-0.4, -0.2) is 11.1 Å². The van der Waals surface area contributed by atoms with Crippen LogP contribution in [0.5, 0.6) is 0 Å². The summed E-state index contributed by atoms with van der Waals surface area (Å²) in [4.78, 5) is 5.37. The summed E-state index contributed by atoms with van der Waals surface area (Å²) in [5, 5.41) is 5.34. The Labute approximate surface area is 332 Å². The third-order valence-electron chi connectivity index (χ3n) is 14.9. The van der Waals surface area contributed by atoms with E-state index in [1.54, 1.807) is 0 Å². The molecular formula is C54H52N2. The van der Waals surface area contributed by atoms with Crippen molar-refractivity contribution in [3.8, 4) is 22.3 Å². The first-order valence-corrected chi connectivity index (χ1v) is 21.3. The quantitative estimate of drug-likeness (QED) is 0.167. The maximum absolute atomic E-state index is 2.69. The lowest BCUT2D eigenvalue weighted by Crippen LogP contribution is -2.46. The van der Waals surface area contributed by atoms with Gasteiger partial charge in [0.25, 0.3) is 0 Å². The van der Waals surface area contributed by atoms with Crippen LogP contribution in [0.1, 0.15) is 89.2 Å². The average molecular weight is 729 g/mol. The number of anilines is 4. The molecule has 0 bridgehead atoms. The zero-order chi connectivity index (χ0) is 37.8. The van der Waals surface area contributed by atoms with Gasteiger partial charge >= 0.3 is 0 Å². The fraction of sp³-hybridized carbons (Fsp3) is 0.296. The summed E-state index contributed by atoms with van der Waals surface area (Å²) >= 11 is 0. The van der Waals surface area contributed by atoms with E-state index in [0.717, 1.165) is 11.8 Å². The molecule has 11 rings (SSSR count). The Hall–Kier alpha value is -5.34. The average Bonchev–Trinajstić information content (AvgIpc) is 3.64. The Kier molecular flexibility index (Phi) is 7.63. The molecule has 56 heavy (non-hydrogen) atoms. The van der Waals surface area contributed by atoms with E-state index in [4.69, 9.17) is 0 Å². The minimum atomic E-state index is 0.0681. The second-order valence-electron chi connectivity index (χ2n) is 18.3. The maximum Gasteiger partial charge on any atom is 0.0492 e. The first-order valence-electron chi connectivity index (χ1n) is 21.3. The van der Waals surface area contributed by atoms with Crippen molar-refractivity contribution in [3.05, 3.63) is 157 Å². The Morgan fingerprint density at radius 2 is 0.804 bits per heavy atom. The van der Waals surface area contributed by atoms with Gasteiger partial charge in [-0.25, -0.2) is 0 Å². The van der Waals surface area contributed by atoms with Gasteiger partial charge in [0.2, 0.25) is 0 Å². The van der Waals surface area contributed by atoms with Crippen LogP contribution < -0.4 is 9.80 Å². The zero-order valence-electron chi connectivity index (χ0n) is 33.3. The van der Waals surface area contributed by atoms with Gasteiger partial charge in [-0.05, 0) is 168 Å². The third kappa shape index (κ3) is 4.87. The van der Waals surface area contributed by atoms with E-state index in [1.807, 2.05) is 0 Å². The van der Waals surface area contributed by atoms with E-state index in [0.29, 0.717) is 11.8 Å². The second kappa shape index (κ2) is 12.6. The highest BCUT2D eigenvalue weighted by molar-refractivity contribution is 6.21. The number of hydrogen-bond donors (Lipinski definition) is 0. The van der Waals surface area contributed by atoms with Gasteiger partial charge in [-0.3, -0.25) is 0 Å². The van der Waals surface area contributed by atoms with Crippen LogP contribution in [0, 0.1) is 11.8 Å². The summed E-state index contributed by atoms with van der Waals surface area (Å²) in [6.07, 6.45) is 7.44. The van der Waals surface area contributed by atoms with E-state index in [-0.39, 0.29) is 11.1 Å². The fourth-order valence-corrected chi connectivity index (χ4v) is 12.1. The number of hydrogen-bond acceptors (Lipinski definition) is 2. The summed E-state index contributed by atoms with van der Waals surface area (Å²) in [6, 6.07) is 55.7. The van der Waals surface area contributed by atoms with Crippen molar-refractivity contribution in [2.45, 2.75) is 89.1 Å². The topological polar surface area (TPSA) is 6.48 Å². The van der Waals surface area contributed by atoms with Crippen LogP contribution in [-0.2, 0) is 0 Å². The van der Waals surface area contributed by atoms with Crippen molar-refractivity contribution in [2.75, 3.05) is 9.80 Å². The van der Waals surface area contributed by atoms with Gasteiger partial charge < -0.3 is 9.80 Å². The molecule has 0 amide bonds. The molecular weight excluding hydrogens is 677 g/mol. The molecule has 2 heterocycles. The Balaban J connectivity index is 1.10. The van der Waals surface area contributed by atoms with Crippen LogP contribution >= 0.6 is 0 Å². The van der Waals surface area contributed by atoms with Crippen molar-refractivity contribution < 1.29 is 0 Å². The second-order valence-corrected chi connectivity index (χ2v) is 18.3.